The number of carboxylic acids is 1. The fourth-order valence-corrected chi connectivity index (χ4v) is 2.03. The van der Waals surface area contributed by atoms with Gasteiger partial charge in [-0.25, -0.2) is 9.48 Å². The van der Waals surface area contributed by atoms with Crippen LogP contribution < -0.4 is 11.2 Å². The number of nitrogens with zero attached hydrogens (tertiary/aromatic N) is 3. The SMILES string of the molecule is CC(CSc1nn(C)c(=O)n(C)c1=O)C(=O)O. The highest BCUT2D eigenvalue weighted by atomic mass is 32.2. The van der Waals surface area contributed by atoms with Crippen LogP contribution in [-0.2, 0) is 18.9 Å². The molecule has 0 fully saturated rings. The molecule has 1 heterocycles. The molecule has 0 aromatic carbocycles. The van der Waals surface area contributed by atoms with Gasteiger partial charge in [-0.2, -0.15) is 5.10 Å². The van der Waals surface area contributed by atoms with Gasteiger partial charge in [-0.15, -0.1) is 0 Å². The highest BCUT2D eigenvalue weighted by molar-refractivity contribution is 7.99. The molecule has 8 heteroatoms. The van der Waals surface area contributed by atoms with E-state index in [2.05, 4.69) is 5.10 Å². The van der Waals surface area contributed by atoms with Crippen molar-refractivity contribution < 1.29 is 9.90 Å². The first-order valence-electron chi connectivity index (χ1n) is 4.84. The van der Waals surface area contributed by atoms with E-state index < -0.39 is 23.1 Å². The van der Waals surface area contributed by atoms with Crippen LogP contribution in [0.25, 0.3) is 0 Å². The Hall–Kier alpha value is -1.57. The molecule has 17 heavy (non-hydrogen) atoms. The largest absolute Gasteiger partial charge is 0.481 e. The van der Waals surface area contributed by atoms with Crippen LogP contribution in [0.5, 0.6) is 0 Å². The van der Waals surface area contributed by atoms with Crippen LogP contribution in [0.2, 0.25) is 0 Å². The van der Waals surface area contributed by atoms with E-state index in [1.807, 2.05) is 0 Å². The number of aryl methyl sites for hydroxylation is 1. The Morgan fingerprint density at radius 2 is 2.06 bits per heavy atom. The number of aliphatic carboxylic acids is 1. The van der Waals surface area contributed by atoms with Crippen molar-refractivity contribution in [3.63, 3.8) is 0 Å². The molecule has 0 saturated carbocycles. The second-order valence-corrected chi connectivity index (χ2v) is 4.63. The standard InChI is InChI=1S/C9H13N3O4S/c1-5(8(14)15)4-17-6-7(13)11(2)9(16)12(3)10-6/h5H,4H2,1-3H3,(H,14,15). The van der Waals surface area contributed by atoms with Gasteiger partial charge in [-0.3, -0.25) is 14.2 Å². The van der Waals surface area contributed by atoms with Crippen molar-refractivity contribution in [2.45, 2.75) is 11.9 Å². The van der Waals surface area contributed by atoms with Gasteiger partial charge in [-0.05, 0) is 0 Å². The molecule has 1 aromatic rings. The van der Waals surface area contributed by atoms with Crippen molar-refractivity contribution >= 4 is 17.7 Å². The lowest BCUT2D eigenvalue weighted by Crippen LogP contribution is -2.39. The van der Waals surface area contributed by atoms with Crippen molar-refractivity contribution in [2.24, 2.45) is 20.0 Å². The zero-order valence-corrected chi connectivity index (χ0v) is 10.5. The molecule has 0 bridgehead atoms. The van der Waals surface area contributed by atoms with E-state index >= 15 is 0 Å². The minimum Gasteiger partial charge on any atom is -0.481 e. The molecule has 1 N–H and O–H groups in total. The Bertz CT molecular complexity index is 548. The van der Waals surface area contributed by atoms with E-state index in [9.17, 15) is 14.4 Å². The maximum Gasteiger partial charge on any atom is 0.346 e. The second-order valence-electron chi connectivity index (χ2n) is 3.63. The predicted molar refractivity (Wildman–Crippen MR) is 62.2 cm³/mol. The van der Waals surface area contributed by atoms with Gasteiger partial charge in [0.2, 0.25) is 0 Å². The topological polar surface area (TPSA) is 94.2 Å². The molecule has 0 aliphatic carbocycles. The van der Waals surface area contributed by atoms with E-state index in [0.717, 1.165) is 21.0 Å². The molecule has 7 nitrogen and oxygen atoms in total. The maximum absolute atomic E-state index is 11.6. The van der Waals surface area contributed by atoms with Crippen LogP contribution in [0.4, 0.5) is 0 Å². The fraction of sp³-hybridized carbons (Fsp3) is 0.556. The Morgan fingerprint density at radius 3 is 2.59 bits per heavy atom. The molecule has 0 spiro atoms. The smallest absolute Gasteiger partial charge is 0.346 e. The summed E-state index contributed by atoms with van der Waals surface area (Å²) >= 11 is 1.04. The molecule has 1 rings (SSSR count). The van der Waals surface area contributed by atoms with Gasteiger partial charge < -0.3 is 5.11 Å². The molecule has 94 valence electrons. The van der Waals surface area contributed by atoms with E-state index in [4.69, 9.17) is 5.11 Å². The minimum atomic E-state index is -0.931. The van der Waals surface area contributed by atoms with Crippen LogP contribution in [0.1, 0.15) is 6.92 Å². The van der Waals surface area contributed by atoms with Gasteiger partial charge >= 0.3 is 11.7 Å². The van der Waals surface area contributed by atoms with Crippen molar-refractivity contribution in [3.8, 4) is 0 Å². The summed E-state index contributed by atoms with van der Waals surface area (Å²) in [6.07, 6.45) is 0. The van der Waals surface area contributed by atoms with Gasteiger partial charge in [0, 0.05) is 19.8 Å². The van der Waals surface area contributed by atoms with Crippen molar-refractivity contribution in [1.29, 1.82) is 0 Å². The molecule has 0 aliphatic heterocycles. The van der Waals surface area contributed by atoms with E-state index in [1.54, 1.807) is 6.92 Å². The zero-order chi connectivity index (χ0) is 13.2. The summed E-state index contributed by atoms with van der Waals surface area (Å²) in [7, 11) is 2.80. The summed E-state index contributed by atoms with van der Waals surface area (Å²) < 4.78 is 2.00. The maximum atomic E-state index is 11.6. The third kappa shape index (κ3) is 2.96. The molecular weight excluding hydrogens is 246 g/mol. The number of carbonyl (C=O) groups is 1. The van der Waals surface area contributed by atoms with Crippen LogP contribution in [0, 0.1) is 5.92 Å². The second kappa shape index (κ2) is 5.17. The Kier molecular flexibility index (Phi) is 4.11. The van der Waals surface area contributed by atoms with Gasteiger partial charge in [-0.1, -0.05) is 18.7 Å². The highest BCUT2D eigenvalue weighted by Gasteiger charge is 2.15. The van der Waals surface area contributed by atoms with E-state index in [0.29, 0.717) is 0 Å². The van der Waals surface area contributed by atoms with Crippen molar-refractivity contribution in [3.05, 3.63) is 20.8 Å². The molecule has 1 aromatic heterocycles. The van der Waals surface area contributed by atoms with Crippen molar-refractivity contribution in [1.82, 2.24) is 14.3 Å². The number of aromatic nitrogens is 3. The van der Waals surface area contributed by atoms with Gasteiger partial charge in [0.1, 0.15) is 0 Å². The first-order chi connectivity index (χ1) is 7.84. The summed E-state index contributed by atoms with van der Waals surface area (Å²) in [5.74, 6) is -1.28. The Labute approximate surface area is 101 Å². The lowest BCUT2D eigenvalue weighted by atomic mass is 10.2. The average Bonchev–Trinajstić information content (AvgIpc) is 2.28. The number of carboxylic acid groups (broad SMARTS) is 1. The summed E-state index contributed by atoms with van der Waals surface area (Å²) in [5, 5.41) is 12.6. The average molecular weight is 259 g/mol. The molecule has 0 radical (unpaired) electrons. The van der Waals surface area contributed by atoms with Crippen LogP contribution in [0.15, 0.2) is 14.6 Å². The van der Waals surface area contributed by atoms with Crippen molar-refractivity contribution in [2.75, 3.05) is 5.75 Å². The summed E-state index contributed by atoms with van der Waals surface area (Å²) in [5.41, 5.74) is -1.01. The molecule has 0 aliphatic rings. The summed E-state index contributed by atoms with van der Waals surface area (Å²) in [4.78, 5) is 33.6. The van der Waals surface area contributed by atoms with E-state index in [-0.39, 0.29) is 10.8 Å². The van der Waals surface area contributed by atoms with Crippen LogP contribution in [-0.4, -0.2) is 31.2 Å². The zero-order valence-electron chi connectivity index (χ0n) is 9.71. The number of rotatable bonds is 4. The first kappa shape index (κ1) is 13.5. The van der Waals surface area contributed by atoms with Crippen LogP contribution >= 0.6 is 11.8 Å². The number of hydrogen-bond donors (Lipinski definition) is 1. The monoisotopic (exact) mass is 259 g/mol. The first-order valence-corrected chi connectivity index (χ1v) is 5.83. The van der Waals surface area contributed by atoms with Gasteiger partial charge in [0.25, 0.3) is 5.56 Å². The molecule has 0 saturated heterocycles. The van der Waals surface area contributed by atoms with E-state index in [1.165, 1.54) is 14.1 Å². The quantitative estimate of drug-likeness (QED) is 0.718. The summed E-state index contributed by atoms with van der Waals surface area (Å²) in [6, 6.07) is 0. The lowest BCUT2D eigenvalue weighted by Gasteiger charge is -2.06. The molecule has 1 atom stereocenters. The summed E-state index contributed by atoms with van der Waals surface area (Å²) in [6.45, 7) is 1.54. The Morgan fingerprint density at radius 1 is 1.47 bits per heavy atom. The number of thioether (sulfide) groups is 1. The molecule has 0 amide bonds. The minimum absolute atomic E-state index is 0.128. The highest BCUT2D eigenvalue weighted by Crippen LogP contribution is 2.14. The predicted octanol–water partition coefficient (Wildman–Crippen LogP) is -0.708. The van der Waals surface area contributed by atoms with Crippen LogP contribution in [0.3, 0.4) is 0 Å². The normalized spacial score (nSPS) is 12.4. The molecular formula is C9H13N3O4S. The van der Waals surface area contributed by atoms with Gasteiger partial charge in [0.15, 0.2) is 5.03 Å². The molecule has 1 unspecified atom stereocenters. The Balaban J connectivity index is 2.98. The lowest BCUT2D eigenvalue weighted by molar-refractivity contribution is -0.140. The number of hydrogen-bond acceptors (Lipinski definition) is 5. The third-order valence-electron chi connectivity index (χ3n) is 2.18. The fourth-order valence-electron chi connectivity index (χ4n) is 1.04. The third-order valence-corrected chi connectivity index (χ3v) is 3.38. The van der Waals surface area contributed by atoms with Gasteiger partial charge in [0.05, 0.1) is 5.92 Å².